The van der Waals surface area contributed by atoms with Crippen LogP contribution in [0.3, 0.4) is 0 Å². The van der Waals surface area contributed by atoms with Gasteiger partial charge in [0.05, 0.1) is 46.2 Å². The standard InChI is InChI=1S/C24H50O5S/c1-2-3-4-5-6-7-8-9-10-11-12-13-14-15-16-26-17-18-27-19-20-28-21-22-29-23-24-30-25/h25H,2-24H2,1H3. The predicted octanol–water partition coefficient (Wildman–Crippen LogP) is 6.74. The molecule has 0 spiro atoms. The fraction of sp³-hybridized carbons (Fsp3) is 1.00. The van der Waals surface area contributed by atoms with Crippen LogP contribution in [0.1, 0.15) is 96.8 Å². The molecule has 30 heavy (non-hydrogen) atoms. The molecule has 0 amide bonds. The smallest absolute Gasteiger partial charge is 0.0701 e. The molecule has 0 aromatic heterocycles. The highest BCUT2D eigenvalue weighted by Gasteiger charge is 1.95. The van der Waals surface area contributed by atoms with E-state index in [-0.39, 0.29) is 0 Å². The van der Waals surface area contributed by atoms with Crippen molar-refractivity contribution in [2.45, 2.75) is 96.8 Å². The van der Waals surface area contributed by atoms with Gasteiger partial charge in [0, 0.05) is 12.4 Å². The Morgan fingerprint density at radius 1 is 0.433 bits per heavy atom. The second-order valence-electron chi connectivity index (χ2n) is 7.88. The lowest BCUT2D eigenvalue weighted by atomic mass is 10.0. The summed E-state index contributed by atoms with van der Waals surface area (Å²) in [6.45, 7) is 7.28. The highest BCUT2D eigenvalue weighted by Crippen LogP contribution is 2.12. The lowest BCUT2D eigenvalue weighted by Crippen LogP contribution is -2.12. The molecule has 0 aliphatic carbocycles. The Morgan fingerprint density at radius 3 is 1.17 bits per heavy atom. The Balaban J connectivity index is 2.97. The van der Waals surface area contributed by atoms with Crippen LogP contribution in [0.5, 0.6) is 0 Å². The van der Waals surface area contributed by atoms with E-state index in [1.807, 2.05) is 0 Å². The lowest BCUT2D eigenvalue weighted by molar-refractivity contribution is -0.000631. The van der Waals surface area contributed by atoms with Gasteiger partial charge in [-0.3, -0.25) is 0 Å². The van der Waals surface area contributed by atoms with Crippen LogP contribution in [0.15, 0.2) is 0 Å². The first-order valence-corrected chi connectivity index (χ1v) is 13.4. The molecule has 0 aliphatic heterocycles. The second-order valence-corrected chi connectivity index (χ2v) is 8.55. The van der Waals surface area contributed by atoms with Crippen molar-refractivity contribution < 1.29 is 23.5 Å². The molecule has 182 valence electrons. The molecule has 0 radical (unpaired) electrons. The summed E-state index contributed by atoms with van der Waals surface area (Å²) in [7, 11) is 0. The Kier molecular flexibility index (Phi) is 29.3. The van der Waals surface area contributed by atoms with E-state index in [4.69, 9.17) is 23.5 Å². The van der Waals surface area contributed by atoms with Gasteiger partial charge in [0.25, 0.3) is 0 Å². The minimum Gasteiger partial charge on any atom is -0.379 e. The molecule has 0 saturated heterocycles. The molecule has 0 aliphatic rings. The van der Waals surface area contributed by atoms with Crippen molar-refractivity contribution in [2.24, 2.45) is 0 Å². The van der Waals surface area contributed by atoms with Crippen LogP contribution in [0.4, 0.5) is 0 Å². The van der Waals surface area contributed by atoms with Crippen LogP contribution in [0.2, 0.25) is 0 Å². The zero-order valence-corrected chi connectivity index (χ0v) is 20.6. The fourth-order valence-corrected chi connectivity index (χ4v) is 3.45. The Labute approximate surface area is 191 Å². The second kappa shape index (κ2) is 29.1. The average Bonchev–Trinajstić information content (AvgIpc) is 2.76. The van der Waals surface area contributed by atoms with Crippen LogP contribution in [0.25, 0.3) is 0 Å². The van der Waals surface area contributed by atoms with Crippen molar-refractivity contribution >= 4 is 12.0 Å². The van der Waals surface area contributed by atoms with Crippen molar-refractivity contribution in [1.82, 2.24) is 0 Å². The Hall–Kier alpha value is 0.150. The molecule has 0 bridgehead atoms. The lowest BCUT2D eigenvalue weighted by Gasteiger charge is -2.07. The quantitative estimate of drug-likeness (QED) is 0.110. The topological polar surface area (TPSA) is 57.2 Å². The maximum atomic E-state index is 8.53. The molecule has 6 heteroatoms. The molecule has 0 atom stereocenters. The zero-order valence-electron chi connectivity index (χ0n) is 19.8. The number of hydrogen-bond acceptors (Lipinski definition) is 6. The first-order valence-electron chi connectivity index (χ1n) is 12.5. The molecule has 0 fully saturated rings. The van der Waals surface area contributed by atoms with Gasteiger partial charge < -0.3 is 23.5 Å². The third-order valence-corrected chi connectivity index (χ3v) is 5.43. The largest absolute Gasteiger partial charge is 0.379 e. The van der Waals surface area contributed by atoms with Crippen LogP contribution >= 0.6 is 12.0 Å². The molecule has 0 saturated carbocycles. The fourth-order valence-electron chi connectivity index (χ4n) is 3.26. The van der Waals surface area contributed by atoms with Gasteiger partial charge in [-0.05, 0) is 18.5 Å². The first kappa shape index (κ1) is 30.1. The van der Waals surface area contributed by atoms with E-state index in [0.29, 0.717) is 52.0 Å². The summed E-state index contributed by atoms with van der Waals surface area (Å²) in [5.41, 5.74) is 0. The van der Waals surface area contributed by atoms with Gasteiger partial charge in [-0.25, -0.2) is 0 Å². The minimum absolute atomic E-state index is 0.553. The van der Waals surface area contributed by atoms with Crippen molar-refractivity contribution in [3.05, 3.63) is 0 Å². The summed E-state index contributed by atoms with van der Waals surface area (Å²) >= 11 is 0.797. The molecular weight excluding hydrogens is 400 g/mol. The SMILES string of the molecule is CCCCCCCCCCCCCCCCOCCOCCOCCOCCSO. The molecule has 0 aromatic rings. The summed E-state index contributed by atoms with van der Waals surface area (Å²) in [5, 5.41) is 0. The molecule has 0 heterocycles. The zero-order chi connectivity index (χ0) is 21.8. The molecule has 1 N–H and O–H groups in total. The highest BCUT2D eigenvalue weighted by molar-refractivity contribution is 7.93. The van der Waals surface area contributed by atoms with E-state index in [0.717, 1.165) is 25.1 Å². The molecular formula is C24H50O5S. The van der Waals surface area contributed by atoms with Crippen LogP contribution in [-0.4, -0.2) is 63.2 Å². The van der Waals surface area contributed by atoms with Gasteiger partial charge in [0.2, 0.25) is 0 Å². The normalized spacial score (nSPS) is 11.4. The van der Waals surface area contributed by atoms with Crippen molar-refractivity contribution in [2.75, 3.05) is 58.6 Å². The number of rotatable bonds is 27. The first-order chi connectivity index (χ1) is 14.9. The summed E-state index contributed by atoms with van der Waals surface area (Å²) < 4.78 is 30.3. The minimum atomic E-state index is 0.553. The van der Waals surface area contributed by atoms with Gasteiger partial charge in [-0.2, -0.15) is 0 Å². The van der Waals surface area contributed by atoms with Gasteiger partial charge in [0.1, 0.15) is 0 Å². The molecule has 0 unspecified atom stereocenters. The van der Waals surface area contributed by atoms with Crippen molar-refractivity contribution in [1.29, 1.82) is 0 Å². The van der Waals surface area contributed by atoms with Crippen LogP contribution in [-0.2, 0) is 18.9 Å². The van der Waals surface area contributed by atoms with Gasteiger partial charge in [-0.1, -0.05) is 90.4 Å². The van der Waals surface area contributed by atoms with Gasteiger partial charge >= 0.3 is 0 Å². The number of unbranched alkanes of at least 4 members (excludes halogenated alkanes) is 13. The summed E-state index contributed by atoms with van der Waals surface area (Å²) in [6.07, 6.45) is 19.4. The van der Waals surface area contributed by atoms with Crippen LogP contribution < -0.4 is 0 Å². The van der Waals surface area contributed by atoms with Crippen molar-refractivity contribution in [3.63, 3.8) is 0 Å². The maximum absolute atomic E-state index is 8.53. The van der Waals surface area contributed by atoms with E-state index >= 15 is 0 Å². The van der Waals surface area contributed by atoms with Crippen molar-refractivity contribution in [3.8, 4) is 0 Å². The van der Waals surface area contributed by atoms with Gasteiger partial charge in [-0.15, -0.1) is 0 Å². The molecule has 0 rings (SSSR count). The Morgan fingerprint density at radius 2 is 0.767 bits per heavy atom. The maximum Gasteiger partial charge on any atom is 0.0701 e. The van der Waals surface area contributed by atoms with E-state index in [2.05, 4.69) is 6.92 Å². The van der Waals surface area contributed by atoms with Gasteiger partial charge in [0.15, 0.2) is 0 Å². The average molecular weight is 451 g/mol. The third-order valence-electron chi connectivity index (χ3n) is 5.08. The van der Waals surface area contributed by atoms with E-state index in [9.17, 15) is 0 Å². The summed E-state index contributed by atoms with van der Waals surface area (Å²) in [4.78, 5) is 0. The number of ether oxygens (including phenoxy) is 4. The number of hydrogen-bond donors (Lipinski definition) is 1. The van der Waals surface area contributed by atoms with E-state index in [1.54, 1.807) is 0 Å². The van der Waals surface area contributed by atoms with Crippen LogP contribution in [0, 0.1) is 0 Å². The van der Waals surface area contributed by atoms with E-state index in [1.165, 1.54) is 83.5 Å². The Bertz CT molecular complexity index is 267. The highest BCUT2D eigenvalue weighted by atomic mass is 32.2. The summed E-state index contributed by atoms with van der Waals surface area (Å²) in [6, 6.07) is 0. The monoisotopic (exact) mass is 450 g/mol. The molecule has 5 nitrogen and oxygen atoms in total. The predicted molar refractivity (Wildman–Crippen MR) is 129 cm³/mol. The molecule has 0 aromatic carbocycles. The summed E-state index contributed by atoms with van der Waals surface area (Å²) in [5.74, 6) is 0.600. The van der Waals surface area contributed by atoms with E-state index < -0.39 is 0 Å². The third kappa shape index (κ3) is 28.1.